The molecule has 0 aromatic heterocycles. The molecule has 1 amide bonds. The molecule has 0 atom stereocenters. The number of benzene rings is 2. The first-order valence-electron chi connectivity index (χ1n) is 7.68. The number of rotatable bonds is 6. The average molecular weight is 297 g/mol. The molecule has 22 heavy (non-hydrogen) atoms. The van der Waals surface area contributed by atoms with Gasteiger partial charge in [-0.1, -0.05) is 60.7 Å². The minimum atomic E-state index is -0.255. The Kier molecular flexibility index (Phi) is 6.01. The van der Waals surface area contributed by atoms with Crippen molar-refractivity contribution in [3.8, 4) is 0 Å². The molecule has 0 saturated heterocycles. The van der Waals surface area contributed by atoms with E-state index in [1.54, 1.807) is 4.90 Å². The summed E-state index contributed by atoms with van der Waals surface area (Å²) >= 11 is 0. The van der Waals surface area contributed by atoms with Gasteiger partial charge in [0.05, 0.1) is 0 Å². The van der Waals surface area contributed by atoms with Crippen LogP contribution in [0.4, 0.5) is 4.79 Å². The summed E-state index contributed by atoms with van der Waals surface area (Å²) in [7, 11) is 0. The maximum atomic E-state index is 12.3. The molecule has 2 aromatic carbocycles. The van der Waals surface area contributed by atoms with Crippen LogP contribution >= 0.6 is 0 Å². The van der Waals surface area contributed by atoms with Gasteiger partial charge in [0.2, 0.25) is 0 Å². The van der Waals surface area contributed by atoms with Gasteiger partial charge in [0.25, 0.3) is 0 Å². The molecule has 116 valence electrons. The Morgan fingerprint density at radius 3 is 2.05 bits per heavy atom. The zero-order valence-corrected chi connectivity index (χ0v) is 13.2. The van der Waals surface area contributed by atoms with E-state index in [9.17, 15) is 4.79 Å². The number of carbonyl (C=O) groups is 1. The summed E-state index contributed by atoms with van der Waals surface area (Å²) in [6.45, 7) is 4.99. The van der Waals surface area contributed by atoms with Gasteiger partial charge in [-0.15, -0.1) is 0 Å². The highest BCUT2D eigenvalue weighted by Crippen LogP contribution is 2.08. The van der Waals surface area contributed by atoms with Crippen LogP contribution in [0, 0.1) is 0 Å². The number of hydrogen-bond acceptors (Lipinski definition) is 2. The molecule has 0 heterocycles. The van der Waals surface area contributed by atoms with Crippen molar-refractivity contribution in [2.75, 3.05) is 6.54 Å². The largest absolute Gasteiger partial charge is 0.445 e. The first-order chi connectivity index (χ1) is 10.7. The van der Waals surface area contributed by atoms with Crippen LogP contribution in [0.3, 0.4) is 0 Å². The van der Waals surface area contributed by atoms with E-state index in [2.05, 4.69) is 12.1 Å². The summed E-state index contributed by atoms with van der Waals surface area (Å²) in [6.07, 6.45) is 0.578. The fourth-order valence-corrected chi connectivity index (χ4v) is 2.26. The van der Waals surface area contributed by atoms with E-state index >= 15 is 0 Å². The molecule has 0 aliphatic carbocycles. The second-order valence-electron chi connectivity index (χ2n) is 5.56. The van der Waals surface area contributed by atoms with Crippen molar-refractivity contribution in [2.24, 2.45) is 0 Å². The quantitative estimate of drug-likeness (QED) is 0.796. The molecular weight excluding hydrogens is 274 g/mol. The molecule has 0 unspecified atom stereocenters. The van der Waals surface area contributed by atoms with Gasteiger partial charge < -0.3 is 9.64 Å². The third-order valence-corrected chi connectivity index (χ3v) is 3.55. The molecule has 3 heteroatoms. The van der Waals surface area contributed by atoms with E-state index in [0.29, 0.717) is 13.2 Å². The Labute approximate surface area is 132 Å². The molecule has 0 spiro atoms. The van der Waals surface area contributed by atoms with Gasteiger partial charge in [-0.25, -0.2) is 4.79 Å². The summed E-state index contributed by atoms with van der Waals surface area (Å²) in [6, 6.07) is 20.1. The SMILES string of the molecule is CC(C)N(CCc1ccccc1)C(=O)OCc1ccccc1. The van der Waals surface area contributed by atoms with Gasteiger partial charge in [0.15, 0.2) is 0 Å². The van der Waals surface area contributed by atoms with Crippen LogP contribution in [0.5, 0.6) is 0 Å². The fourth-order valence-electron chi connectivity index (χ4n) is 2.26. The molecule has 0 aliphatic heterocycles. The van der Waals surface area contributed by atoms with Crippen LogP contribution in [0.2, 0.25) is 0 Å². The van der Waals surface area contributed by atoms with Gasteiger partial charge >= 0.3 is 6.09 Å². The van der Waals surface area contributed by atoms with Crippen LogP contribution in [0.1, 0.15) is 25.0 Å². The van der Waals surface area contributed by atoms with Gasteiger partial charge in [-0.2, -0.15) is 0 Å². The van der Waals surface area contributed by atoms with E-state index in [1.165, 1.54) is 5.56 Å². The Hall–Kier alpha value is -2.29. The standard InChI is InChI=1S/C19H23NO2/c1-16(2)20(14-13-17-9-5-3-6-10-17)19(21)22-15-18-11-7-4-8-12-18/h3-12,16H,13-15H2,1-2H3. The second kappa shape index (κ2) is 8.23. The first kappa shape index (κ1) is 16.1. The third-order valence-electron chi connectivity index (χ3n) is 3.55. The molecule has 2 aromatic rings. The number of ether oxygens (including phenoxy) is 1. The lowest BCUT2D eigenvalue weighted by Crippen LogP contribution is -2.38. The maximum absolute atomic E-state index is 12.3. The Morgan fingerprint density at radius 2 is 1.50 bits per heavy atom. The van der Waals surface area contributed by atoms with Crippen molar-refractivity contribution in [1.29, 1.82) is 0 Å². The average Bonchev–Trinajstić information content (AvgIpc) is 2.55. The lowest BCUT2D eigenvalue weighted by atomic mass is 10.1. The van der Waals surface area contributed by atoms with Gasteiger partial charge in [-0.3, -0.25) is 0 Å². The summed E-state index contributed by atoms with van der Waals surface area (Å²) < 4.78 is 5.43. The van der Waals surface area contributed by atoms with Crippen molar-refractivity contribution >= 4 is 6.09 Å². The zero-order chi connectivity index (χ0) is 15.8. The van der Waals surface area contributed by atoms with E-state index in [0.717, 1.165) is 12.0 Å². The van der Waals surface area contributed by atoms with Crippen molar-refractivity contribution in [2.45, 2.75) is 32.9 Å². The van der Waals surface area contributed by atoms with Crippen LogP contribution in [-0.2, 0) is 17.8 Å². The topological polar surface area (TPSA) is 29.5 Å². The fraction of sp³-hybridized carbons (Fsp3) is 0.316. The van der Waals surface area contributed by atoms with Gasteiger partial charge in [0.1, 0.15) is 6.61 Å². The number of amides is 1. The highest BCUT2D eigenvalue weighted by Gasteiger charge is 2.18. The Bertz CT molecular complexity index is 567. The lowest BCUT2D eigenvalue weighted by Gasteiger charge is -2.26. The lowest BCUT2D eigenvalue weighted by molar-refractivity contribution is 0.0863. The molecule has 0 saturated carbocycles. The van der Waals surface area contributed by atoms with Crippen molar-refractivity contribution in [3.05, 3.63) is 71.8 Å². The number of carbonyl (C=O) groups excluding carboxylic acids is 1. The molecule has 0 fully saturated rings. The normalized spacial score (nSPS) is 10.5. The number of nitrogens with zero attached hydrogens (tertiary/aromatic N) is 1. The van der Waals surface area contributed by atoms with Crippen LogP contribution in [-0.4, -0.2) is 23.6 Å². The molecule has 0 bridgehead atoms. The first-order valence-corrected chi connectivity index (χ1v) is 7.68. The van der Waals surface area contributed by atoms with E-state index in [-0.39, 0.29) is 12.1 Å². The van der Waals surface area contributed by atoms with Crippen LogP contribution in [0.15, 0.2) is 60.7 Å². The summed E-state index contributed by atoms with van der Waals surface area (Å²) in [4.78, 5) is 14.1. The summed E-state index contributed by atoms with van der Waals surface area (Å²) in [5.41, 5.74) is 2.23. The van der Waals surface area contributed by atoms with E-state index < -0.39 is 0 Å². The molecular formula is C19H23NO2. The molecule has 2 rings (SSSR count). The molecule has 0 aliphatic rings. The Balaban J connectivity index is 1.88. The highest BCUT2D eigenvalue weighted by atomic mass is 16.6. The van der Waals surface area contributed by atoms with Crippen molar-refractivity contribution in [1.82, 2.24) is 4.90 Å². The molecule has 0 N–H and O–H groups in total. The molecule has 0 radical (unpaired) electrons. The van der Waals surface area contributed by atoms with Gasteiger partial charge in [0, 0.05) is 12.6 Å². The van der Waals surface area contributed by atoms with Crippen molar-refractivity contribution in [3.63, 3.8) is 0 Å². The predicted octanol–water partition coefficient (Wildman–Crippen LogP) is 4.28. The maximum Gasteiger partial charge on any atom is 0.410 e. The predicted molar refractivity (Wildman–Crippen MR) is 88.6 cm³/mol. The zero-order valence-electron chi connectivity index (χ0n) is 13.2. The number of hydrogen-bond donors (Lipinski definition) is 0. The third kappa shape index (κ3) is 4.92. The van der Waals surface area contributed by atoms with Crippen LogP contribution in [0.25, 0.3) is 0 Å². The summed E-state index contributed by atoms with van der Waals surface area (Å²) in [5, 5.41) is 0. The Morgan fingerprint density at radius 1 is 0.955 bits per heavy atom. The van der Waals surface area contributed by atoms with Crippen LogP contribution < -0.4 is 0 Å². The second-order valence-corrected chi connectivity index (χ2v) is 5.56. The van der Waals surface area contributed by atoms with E-state index in [4.69, 9.17) is 4.74 Å². The smallest absolute Gasteiger partial charge is 0.410 e. The highest BCUT2D eigenvalue weighted by molar-refractivity contribution is 5.68. The van der Waals surface area contributed by atoms with Crippen molar-refractivity contribution < 1.29 is 9.53 Å². The summed E-state index contributed by atoms with van der Waals surface area (Å²) in [5.74, 6) is 0. The van der Waals surface area contributed by atoms with E-state index in [1.807, 2.05) is 62.4 Å². The minimum Gasteiger partial charge on any atom is -0.445 e. The monoisotopic (exact) mass is 297 g/mol. The van der Waals surface area contributed by atoms with Gasteiger partial charge in [-0.05, 0) is 31.4 Å². The minimum absolute atomic E-state index is 0.118. The molecule has 3 nitrogen and oxygen atoms in total.